The van der Waals surface area contributed by atoms with Gasteiger partial charge in [-0.2, -0.15) is 0 Å². The summed E-state index contributed by atoms with van der Waals surface area (Å²) in [5, 5.41) is 9.52. The molecule has 0 aromatic carbocycles. The molecule has 4 heteroatoms. The molecular weight excluding hydrogens is 508 g/mol. The van der Waals surface area contributed by atoms with E-state index in [9.17, 15) is 9.90 Å². The Kier molecular flexibility index (Phi) is 33.2. The molecule has 0 aromatic heterocycles. The molecule has 0 aromatic rings. The van der Waals surface area contributed by atoms with E-state index in [2.05, 4.69) is 62.5 Å². The van der Waals surface area contributed by atoms with E-state index in [1.807, 2.05) is 0 Å². The molecular formula is C37H66O4. The van der Waals surface area contributed by atoms with Crippen LogP contribution in [0.4, 0.5) is 0 Å². The van der Waals surface area contributed by atoms with E-state index in [0.717, 1.165) is 57.8 Å². The van der Waals surface area contributed by atoms with Crippen LogP contribution in [-0.2, 0) is 14.3 Å². The fraction of sp³-hybridized carbons (Fsp3) is 0.757. The Hall–Kier alpha value is -1.65. The SMILES string of the molecule is CC/C=C\C/C=C\C/C=C\C/C=C\CCCCCCCOCC(CO)OC(=O)CCCCCCCCCCCCC. The molecule has 41 heavy (non-hydrogen) atoms. The van der Waals surface area contributed by atoms with Crippen LogP contribution in [0.5, 0.6) is 0 Å². The molecule has 0 amide bonds. The van der Waals surface area contributed by atoms with Crippen LogP contribution in [0.15, 0.2) is 48.6 Å². The van der Waals surface area contributed by atoms with Gasteiger partial charge in [0.2, 0.25) is 0 Å². The summed E-state index contributed by atoms with van der Waals surface area (Å²) in [5.74, 6) is -0.211. The van der Waals surface area contributed by atoms with Gasteiger partial charge in [-0.05, 0) is 51.4 Å². The summed E-state index contributed by atoms with van der Waals surface area (Å²) in [4.78, 5) is 12.1. The van der Waals surface area contributed by atoms with E-state index in [-0.39, 0.29) is 19.2 Å². The fourth-order valence-electron chi connectivity index (χ4n) is 4.61. The summed E-state index contributed by atoms with van der Waals surface area (Å²) in [6.07, 6.45) is 42.9. The van der Waals surface area contributed by atoms with Crippen LogP contribution in [-0.4, -0.2) is 37.0 Å². The zero-order valence-corrected chi connectivity index (χ0v) is 27.0. The van der Waals surface area contributed by atoms with Gasteiger partial charge in [0, 0.05) is 13.0 Å². The molecule has 1 unspecified atom stereocenters. The van der Waals surface area contributed by atoms with E-state index in [1.54, 1.807) is 0 Å². The highest BCUT2D eigenvalue weighted by molar-refractivity contribution is 5.69. The zero-order chi connectivity index (χ0) is 29.9. The number of allylic oxidation sites excluding steroid dienone is 8. The van der Waals surface area contributed by atoms with E-state index in [1.165, 1.54) is 77.0 Å². The van der Waals surface area contributed by atoms with Crippen molar-refractivity contribution in [1.82, 2.24) is 0 Å². The number of carbonyl (C=O) groups is 1. The Morgan fingerprint density at radius 1 is 0.610 bits per heavy atom. The monoisotopic (exact) mass is 574 g/mol. The molecule has 0 fully saturated rings. The standard InChI is InChI=1S/C37H66O4/c1-3-5-7-9-11-13-15-16-17-18-19-20-21-23-25-27-29-31-33-40-35-36(34-38)41-37(39)32-30-28-26-24-22-14-12-10-8-6-4-2/h5,7,11,13,16-17,19-20,36,38H,3-4,6,8-10,12,14-15,18,21-35H2,1-2H3/b7-5-,13-11-,17-16-,20-19-. The topological polar surface area (TPSA) is 55.8 Å². The first-order valence-corrected chi connectivity index (χ1v) is 17.2. The molecule has 0 saturated carbocycles. The highest BCUT2D eigenvalue weighted by atomic mass is 16.6. The average molecular weight is 575 g/mol. The molecule has 0 rings (SSSR count). The van der Waals surface area contributed by atoms with Gasteiger partial charge in [-0.1, -0.05) is 146 Å². The van der Waals surface area contributed by atoms with Gasteiger partial charge in [0.15, 0.2) is 0 Å². The number of unbranched alkanes of at least 4 members (excludes halogenated alkanes) is 15. The van der Waals surface area contributed by atoms with E-state index < -0.39 is 6.10 Å². The van der Waals surface area contributed by atoms with Crippen molar-refractivity contribution in [3.05, 3.63) is 48.6 Å². The van der Waals surface area contributed by atoms with Crippen molar-refractivity contribution in [2.75, 3.05) is 19.8 Å². The molecule has 0 aliphatic carbocycles. The van der Waals surface area contributed by atoms with Crippen molar-refractivity contribution in [2.24, 2.45) is 0 Å². The van der Waals surface area contributed by atoms with Crippen LogP contribution in [0.3, 0.4) is 0 Å². The van der Waals surface area contributed by atoms with E-state index in [0.29, 0.717) is 13.0 Å². The largest absolute Gasteiger partial charge is 0.457 e. The Bertz CT molecular complexity index is 649. The number of ether oxygens (including phenoxy) is 2. The summed E-state index contributed by atoms with van der Waals surface area (Å²) in [6.45, 7) is 5.18. The molecule has 4 nitrogen and oxygen atoms in total. The van der Waals surface area contributed by atoms with Crippen molar-refractivity contribution in [3.8, 4) is 0 Å². The molecule has 0 bridgehead atoms. The quantitative estimate of drug-likeness (QED) is 0.0508. The van der Waals surface area contributed by atoms with Crippen LogP contribution >= 0.6 is 0 Å². The van der Waals surface area contributed by atoms with Crippen molar-refractivity contribution >= 4 is 5.97 Å². The highest BCUT2D eigenvalue weighted by Gasteiger charge is 2.13. The summed E-state index contributed by atoms with van der Waals surface area (Å²) in [6, 6.07) is 0. The lowest BCUT2D eigenvalue weighted by Crippen LogP contribution is -2.27. The number of carbonyl (C=O) groups excluding carboxylic acids is 1. The molecule has 1 N–H and O–H groups in total. The summed E-state index contributed by atoms with van der Waals surface area (Å²) in [7, 11) is 0. The van der Waals surface area contributed by atoms with Crippen molar-refractivity contribution in [2.45, 2.75) is 161 Å². The molecule has 0 heterocycles. The minimum atomic E-state index is -0.540. The lowest BCUT2D eigenvalue weighted by Gasteiger charge is -2.15. The number of hydrogen-bond donors (Lipinski definition) is 1. The fourth-order valence-corrected chi connectivity index (χ4v) is 4.61. The van der Waals surface area contributed by atoms with Gasteiger partial charge in [0.05, 0.1) is 13.2 Å². The summed E-state index contributed by atoms with van der Waals surface area (Å²) < 4.78 is 11.1. The summed E-state index contributed by atoms with van der Waals surface area (Å²) >= 11 is 0. The maximum atomic E-state index is 12.1. The molecule has 0 aliphatic rings. The third kappa shape index (κ3) is 32.7. The second-order valence-electron chi connectivity index (χ2n) is 11.2. The lowest BCUT2D eigenvalue weighted by atomic mass is 10.1. The van der Waals surface area contributed by atoms with Crippen molar-refractivity contribution < 1.29 is 19.4 Å². The highest BCUT2D eigenvalue weighted by Crippen LogP contribution is 2.12. The van der Waals surface area contributed by atoms with Crippen LogP contribution in [0.1, 0.15) is 155 Å². The van der Waals surface area contributed by atoms with Crippen molar-refractivity contribution in [1.29, 1.82) is 0 Å². The lowest BCUT2D eigenvalue weighted by molar-refractivity contribution is -0.154. The van der Waals surface area contributed by atoms with Crippen LogP contribution in [0.2, 0.25) is 0 Å². The van der Waals surface area contributed by atoms with E-state index in [4.69, 9.17) is 9.47 Å². The molecule has 0 radical (unpaired) electrons. The predicted molar refractivity (Wildman–Crippen MR) is 177 cm³/mol. The van der Waals surface area contributed by atoms with Crippen molar-refractivity contribution in [3.63, 3.8) is 0 Å². The third-order valence-electron chi connectivity index (χ3n) is 7.17. The predicted octanol–water partition coefficient (Wildman–Crippen LogP) is 10.8. The molecule has 0 spiro atoms. The Labute approximate surface area is 254 Å². The van der Waals surface area contributed by atoms with Crippen LogP contribution < -0.4 is 0 Å². The second kappa shape index (κ2) is 34.6. The smallest absolute Gasteiger partial charge is 0.306 e. The van der Waals surface area contributed by atoms with E-state index >= 15 is 0 Å². The number of rotatable bonds is 31. The van der Waals surface area contributed by atoms with Gasteiger partial charge in [-0.3, -0.25) is 4.79 Å². The number of esters is 1. The Morgan fingerprint density at radius 2 is 1.10 bits per heavy atom. The van der Waals surface area contributed by atoms with Gasteiger partial charge in [-0.25, -0.2) is 0 Å². The molecule has 1 atom stereocenters. The number of aliphatic hydroxyl groups excluding tert-OH is 1. The van der Waals surface area contributed by atoms with Gasteiger partial charge < -0.3 is 14.6 Å². The number of aliphatic hydroxyl groups is 1. The van der Waals surface area contributed by atoms with Crippen LogP contribution in [0.25, 0.3) is 0 Å². The maximum Gasteiger partial charge on any atom is 0.306 e. The first-order valence-electron chi connectivity index (χ1n) is 17.2. The minimum Gasteiger partial charge on any atom is -0.457 e. The maximum absolute atomic E-state index is 12.1. The third-order valence-corrected chi connectivity index (χ3v) is 7.17. The minimum absolute atomic E-state index is 0.179. The zero-order valence-electron chi connectivity index (χ0n) is 27.0. The van der Waals surface area contributed by atoms with Gasteiger partial charge >= 0.3 is 5.97 Å². The first kappa shape index (κ1) is 39.4. The normalized spacial score (nSPS) is 13.0. The van der Waals surface area contributed by atoms with Gasteiger partial charge in [0.25, 0.3) is 0 Å². The molecule has 0 aliphatic heterocycles. The molecule has 238 valence electrons. The Balaban J connectivity index is 3.50. The summed E-state index contributed by atoms with van der Waals surface area (Å²) in [5.41, 5.74) is 0. The average Bonchev–Trinajstić information content (AvgIpc) is 2.98. The van der Waals surface area contributed by atoms with Gasteiger partial charge in [0.1, 0.15) is 6.10 Å². The molecule has 0 saturated heterocycles. The first-order chi connectivity index (χ1) is 20.2. The second-order valence-corrected chi connectivity index (χ2v) is 11.2. The van der Waals surface area contributed by atoms with Crippen LogP contribution in [0, 0.1) is 0 Å². The van der Waals surface area contributed by atoms with Gasteiger partial charge in [-0.15, -0.1) is 0 Å². The Morgan fingerprint density at radius 3 is 1.66 bits per heavy atom. The number of hydrogen-bond acceptors (Lipinski definition) is 4.